The van der Waals surface area contributed by atoms with E-state index in [0.717, 1.165) is 23.9 Å². The van der Waals surface area contributed by atoms with Gasteiger partial charge in [0.25, 0.3) is 0 Å². The van der Waals surface area contributed by atoms with E-state index in [1.54, 1.807) is 12.1 Å². The Morgan fingerprint density at radius 2 is 1.66 bits per heavy atom. The molecule has 0 aliphatic rings. The van der Waals surface area contributed by atoms with Crippen LogP contribution < -0.4 is 4.74 Å². The van der Waals surface area contributed by atoms with Gasteiger partial charge in [-0.2, -0.15) is 0 Å². The summed E-state index contributed by atoms with van der Waals surface area (Å²) in [5, 5.41) is 1.08. The van der Waals surface area contributed by atoms with Crippen LogP contribution >= 0.6 is 0 Å². The van der Waals surface area contributed by atoms with Crippen molar-refractivity contribution >= 4 is 16.9 Å². The van der Waals surface area contributed by atoms with E-state index in [1.165, 1.54) is 22.5 Å². The molecule has 0 spiro atoms. The molecule has 0 radical (unpaired) electrons. The molecule has 158 valence electrons. The molecule has 4 nitrogen and oxygen atoms in total. The molecular weight excluding hydrogens is 396 g/mol. The zero-order valence-electron chi connectivity index (χ0n) is 17.9. The van der Waals surface area contributed by atoms with E-state index in [-0.39, 0.29) is 5.97 Å². The van der Waals surface area contributed by atoms with Gasteiger partial charge in [0, 0.05) is 35.0 Å². The van der Waals surface area contributed by atoms with E-state index in [0.29, 0.717) is 11.3 Å². The fourth-order valence-corrected chi connectivity index (χ4v) is 4.13. The number of nitrogens with zero attached hydrogens (tertiary/aromatic N) is 1. The van der Waals surface area contributed by atoms with Crippen molar-refractivity contribution in [3.63, 3.8) is 0 Å². The van der Waals surface area contributed by atoms with Crippen molar-refractivity contribution in [3.05, 3.63) is 114 Å². The molecule has 1 N–H and O–H groups in total. The molecular formula is C28H24N2O2. The number of nitrogens with one attached hydrogen (secondary N) is 1. The number of hydrogen-bond donors (Lipinski definition) is 1. The number of ether oxygens (including phenoxy) is 1. The molecule has 2 heterocycles. The first kappa shape index (κ1) is 19.9. The standard InChI is InChI=1S/C28H24N2O2/c1-20-12-15-27(21-8-4-2-5-9-21)30(20)17-16-23-19-29-26-14-13-24(18-25(23)26)32-28(31)22-10-6-3-7-11-22/h2-15,18-19,29H,16-17H2,1H3. The second-order valence-corrected chi connectivity index (χ2v) is 7.90. The maximum atomic E-state index is 12.4. The molecule has 0 fully saturated rings. The largest absolute Gasteiger partial charge is 0.423 e. The molecule has 5 rings (SSSR count). The van der Waals surface area contributed by atoms with Gasteiger partial charge in [-0.05, 0) is 66.9 Å². The van der Waals surface area contributed by atoms with Crippen molar-refractivity contribution in [3.8, 4) is 17.0 Å². The number of esters is 1. The third kappa shape index (κ3) is 3.95. The quantitative estimate of drug-likeness (QED) is 0.255. The average Bonchev–Trinajstić information content (AvgIpc) is 3.41. The van der Waals surface area contributed by atoms with Gasteiger partial charge in [0.1, 0.15) is 5.75 Å². The average molecular weight is 421 g/mol. The van der Waals surface area contributed by atoms with E-state index in [1.807, 2.05) is 42.5 Å². The first-order chi connectivity index (χ1) is 15.7. The van der Waals surface area contributed by atoms with Crippen LogP contribution in [0.2, 0.25) is 0 Å². The molecule has 2 aromatic heterocycles. The Hall–Kier alpha value is -4.05. The van der Waals surface area contributed by atoms with E-state index in [4.69, 9.17) is 4.74 Å². The van der Waals surface area contributed by atoms with Crippen LogP contribution in [0.4, 0.5) is 0 Å². The summed E-state index contributed by atoms with van der Waals surface area (Å²) in [5.74, 6) is 0.201. The molecule has 3 aromatic carbocycles. The van der Waals surface area contributed by atoms with Crippen molar-refractivity contribution in [2.75, 3.05) is 0 Å². The maximum Gasteiger partial charge on any atom is 0.343 e. The first-order valence-electron chi connectivity index (χ1n) is 10.8. The Balaban J connectivity index is 1.37. The Labute approximate surface area is 187 Å². The summed E-state index contributed by atoms with van der Waals surface area (Å²) < 4.78 is 7.98. The van der Waals surface area contributed by atoms with Crippen LogP contribution in [0.25, 0.3) is 22.2 Å². The van der Waals surface area contributed by atoms with Gasteiger partial charge in [-0.1, -0.05) is 48.5 Å². The molecule has 32 heavy (non-hydrogen) atoms. The third-order valence-corrected chi connectivity index (χ3v) is 5.83. The van der Waals surface area contributed by atoms with Crippen LogP contribution in [0.1, 0.15) is 21.6 Å². The van der Waals surface area contributed by atoms with E-state index < -0.39 is 0 Å². The van der Waals surface area contributed by atoms with Gasteiger partial charge in [0.15, 0.2) is 0 Å². The smallest absolute Gasteiger partial charge is 0.343 e. The Morgan fingerprint density at radius 1 is 0.906 bits per heavy atom. The van der Waals surface area contributed by atoms with Crippen molar-refractivity contribution < 1.29 is 9.53 Å². The lowest BCUT2D eigenvalue weighted by Gasteiger charge is -2.12. The van der Waals surface area contributed by atoms with Crippen molar-refractivity contribution in [1.29, 1.82) is 0 Å². The highest BCUT2D eigenvalue weighted by Gasteiger charge is 2.12. The summed E-state index contributed by atoms with van der Waals surface area (Å²) in [7, 11) is 0. The number of carbonyl (C=O) groups is 1. The van der Waals surface area contributed by atoms with Gasteiger partial charge in [-0.25, -0.2) is 4.79 Å². The van der Waals surface area contributed by atoms with Gasteiger partial charge >= 0.3 is 5.97 Å². The number of rotatable bonds is 6. The van der Waals surface area contributed by atoms with Gasteiger partial charge in [-0.3, -0.25) is 0 Å². The second kappa shape index (κ2) is 8.60. The molecule has 0 saturated heterocycles. The lowest BCUT2D eigenvalue weighted by atomic mass is 10.1. The van der Waals surface area contributed by atoms with Gasteiger partial charge in [0.05, 0.1) is 5.56 Å². The number of aromatic nitrogens is 2. The number of benzene rings is 3. The van der Waals surface area contributed by atoms with Gasteiger partial charge < -0.3 is 14.3 Å². The van der Waals surface area contributed by atoms with Crippen LogP contribution in [0.3, 0.4) is 0 Å². The van der Waals surface area contributed by atoms with Gasteiger partial charge in [0.2, 0.25) is 0 Å². The predicted molar refractivity (Wildman–Crippen MR) is 128 cm³/mol. The minimum Gasteiger partial charge on any atom is -0.423 e. The van der Waals surface area contributed by atoms with Crippen molar-refractivity contribution in [2.45, 2.75) is 19.9 Å². The van der Waals surface area contributed by atoms with Crippen LogP contribution in [0, 0.1) is 6.92 Å². The number of fused-ring (bicyclic) bond motifs is 1. The molecule has 4 heteroatoms. The summed E-state index contributed by atoms with van der Waals surface area (Å²) in [6.07, 6.45) is 2.92. The number of aryl methyl sites for hydroxylation is 2. The summed E-state index contributed by atoms with van der Waals surface area (Å²) in [6, 6.07) is 29.6. The molecule has 0 unspecified atom stereocenters. The molecule has 0 aliphatic carbocycles. The molecule has 5 aromatic rings. The Morgan fingerprint density at radius 3 is 2.44 bits per heavy atom. The zero-order chi connectivity index (χ0) is 21.9. The van der Waals surface area contributed by atoms with E-state index in [2.05, 4.69) is 59.1 Å². The minimum absolute atomic E-state index is 0.350. The summed E-state index contributed by atoms with van der Waals surface area (Å²) in [4.78, 5) is 15.8. The number of hydrogen-bond acceptors (Lipinski definition) is 2. The zero-order valence-corrected chi connectivity index (χ0v) is 17.9. The first-order valence-corrected chi connectivity index (χ1v) is 10.8. The van der Waals surface area contributed by atoms with E-state index >= 15 is 0 Å². The topological polar surface area (TPSA) is 47.0 Å². The highest BCUT2D eigenvalue weighted by molar-refractivity contribution is 5.92. The summed E-state index contributed by atoms with van der Waals surface area (Å²) in [6.45, 7) is 3.01. The normalized spacial score (nSPS) is 11.0. The SMILES string of the molecule is Cc1ccc(-c2ccccc2)n1CCc1c[nH]c2ccc(OC(=O)c3ccccc3)cc12. The third-order valence-electron chi connectivity index (χ3n) is 5.83. The molecule has 0 bridgehead atoms. The Bertz CT molecular complexity index is 1360. The van der Waals surface area contributed by atoms with Crippen LogP contribution in [-0.2, 0) is 13.0 Å². The fraction of sp³-hybridized carbons (Fsp3) is 0.107. The number of carbonyl (C=O) groups excluding carboxylic acids is 1. The van der Waals surface area contributed by atoms with Crippen LogP contribution in [-0.4, -0.2) is 15.5 Å². The van der Waals surface area contributed by atoms with E-state index in [9.17, 15) is 4.79 Å². The highest BCUT2D eigenvalue weighted by atomic mass is 16.5. The number of aromatic amines is 1. The monoisotopic (exact) mass is 420 g/mol. The van der Waals surface area contributed by atoms with Crippen LogP contribution in [0.5, 0.6) is 5.75 Å². The fourth-order valence-electron chi connectivity index (χ4n) is 4.13. The predicted octanol–water partition coefficient (Wildman–Crippen LogP) is 6.41. The lowest BCUT2D eigenvalue weighted by molar-refractivity contribution is 0.0735. The maximum absolute atomic E-state index is 12.4. The molecule has 0 amide bonds. The second-order valence-electron chi connectivity index (χ2n) is 7.90. The highest BCUT2D eigenvalue weighted by Crippen LogP contribution is 2.27. The lowest BCUT2D eigenvalue weighted by Crippen LogP contribution is -2.08. The number of H-pyrrole nitrogens is 1. The summed E-state index contributed by atoms with van der Waals surface area (Å²) >= 11 is 0. The molecule has 0 saturated carbocycles. The van der Waals surface area contributed by atoms with Crippen LogP contribution in [0.15, 0.2) is 97.2 Å². The Kier molecular flexibility index (Phi) is 5.34. The van der Waals surface area contributed by atoms with Crippen molar-refractivity contribution in [1.82, 2.24) is 9.55 Å². The van der Waals surface area contributed by atoms with Crippen molar-refractivity contribution in [2.24, 2.45) is 0 Å². The van der Waals surface area contributed by atoms with Gasteiger partial charge in [-0.15, -0.1) is 0 Å². The minimum atomic E-state index is -0.350. The molecule has 0 aliphatic heterocycles. The summed E-state index contributed by atoms with van der Waals surface area (Å²) in [5.41, 5.74) is 6.45. The molecule has 0 atom stereocenters.